The molecule has 3 heteroatoms. The number of aromatic nitrogens is 1. The predicted octanol–water partition coefficient (Wildman–Crippen LogP) is 3.97. The number of carbonyl (C=O) groups excluding carboxylic acids is 1. The number of ketones is 1. The van der Waals surface area contributed by atoms with Gasteiger partial charge in [0.15, 0.2) is 5.78 Å². The molecule has 0 fully saturated rings. The van der Waals surface area contributed by atoms with Gasteiger partial charge in [0.2, 0.25) is 0 Å². The van der Waals surface area contributed by atoms with Crippen molar-refractivity contribution in [3.8, 4) is 0 Å². The Balaban J connectivity index is 2.02. The number of benzene rings is 1. The molecule has 0 N–H and O–H groups in total. The standard InChI is InChI=1S/C16H12BrNO/c1-10-2-3-14-12(6-10)8-13(16(14)19)7-11-4-5-18-9-15(11)17/h2-7,9H,8H2,1H3. The Hall–Kier alpha value is -1.74. The molecule has 1 aromatic carbocycles. The van der Waals surface area contributed by atoms with Gasteiger partial charge in [-0.3, -0.25) is 9.78 Å². The van der Waals surface area contributed by atoms with Crippen LogP contribution < -0.4 is 0 Å². The number of pyridine rings is 1. The summed E-state index contributed by atoms with van der Waals surface area (Å²) in [4.78, 5) is 16.4. The van der Waals surface area contributed by atoms with Gasteiger partial charge in [0.25, 0.3) is 0 Å². The van der Waals surface area contributed by atoms with Gasteiger partial charge in [-0.05, 0) is 46.1 Å². The highest BCUT2D eigenvalue weighted by atomic mass is 79.9. The van der Waals surface area contributed by atoms with Crippen LogP contribution in [0.15, 0.2) is 46.7 Å². The van der Waals surface area contributed by atoms with Crippen molar-refractivity contribution in [3.05, 3.63) is 69.0 Å². The molecule has 2 aromatic rings. The number of fused-ring (bicyclic) bond motifs is 1. The molecule has 0 unspecified atom stereocenters. The second-order valence-corrected chi connectivity index (χ2v) is 5.59. The highest BCUT2D eigenvalue weighted by Gasteiger charge is 2.24. The maximum absolute atomic E-state index is 12.3. The third kappa shape index (κ3) is 2.26. The van der Waals surface area contributed by atoms with E-state index in [1.165, 1.54) is 5.56 Å². The minimum Gasteiger partial charge on any atom is -0.289 e. The van der Waals surface area contributed by atoms with Crippen LogP contribution in [0.25, 0.3) is 6.08 Å². The lowest BCUT2D eigenvalue weighted by atomic mass is 10.1. The lowest BCUT2D eigenvalue weighted by Gasteiger charge is -1.99. The fourth-order valence-corrected chi connectivity index (χ4v) is 2.72. The van der Waals surface area contributed by atoms with Gasteiger partial charge >= 0.3 is 0 Å². The van der Waals surface area contributed by atoms with Crippen molar-refractivity contribution in [2.24, 2.45) is 0 Å². The van der Waals surface area contributed by atoms with Crippen LogP contribution in [0.3, 0.4) is 0 Å². The molecule has 0 bridgehead atoms. The van der Waals surface area contributed by atoms with Crippen LogP contribution in [0.5, 0.6) is 0 Å². The third-order valence-corrected chi connectivity index (χ3v) is 3.97. The van der Waals surface area contributed by atoms with Crippen LogP contribution in [0.2, 0.25) is 0 Å². The highest BCUT2D eigenvalue weighted by Crippen LogP contribution is 2.29. The number of Topliss-reactive ketones (excluding diaryl/α,β-unsaturated/α-hetero) is 1. The Kier molecular flexibility index (Phi) is 3.07. The van der Waals surface area contributed by atoms with E-state index in [4.69, 9.17) is 0 Å². The van der Waals surface area contributed by atoms with Crippen LogP contribution >= 0.6 is 15.9 Å². The SMILES string of the molecule is Cc1ccc2c(c1)CC(=Cc1ccncc1Br)C2=O. The lowest BCUT2D eigenvalue weighted by molar-refractivity contribution is 0.104. The van der Waals surface area contributed by atoms with Gasteiger partial charge in [-0.1, -0.05) is 23.8 Å². The van der Waals surface area contributed by atoms with Crippen molar-refractivity contribution in [2.45, 2.75) is 13.3 Å². The van der Waals surface area contributed by atoms with E-state index >= 15 is 0 Å². The molecular weight excluding hydrogens is 302 g/mol. The molecule has 0 amide bonds. The number of hydrogen-bond acceptors (Lipinski definition) is 2. The number of carbonyl (C=O) groups is 1. The molecule has 1 aliphatic carbocycles. The number of hydrogen-bond donors (Lipinski definition) is 0. The summed E-state index contributed by atoms with van der Waals surface area (Å²) in [6, 6.07) is 7.91. The van der Waals surface area contributed by atoms with E-state index < -0.39 is 0 Å². The number of allylic oxidation sites excluding steroid dienone is 1. The van der Waals surface area contributed by atoms with Gasteiger partial charge in [-0.25, -0.2) is 0 Å². The Labute approximate surface area is 120 Å². The van der Waals surface area contributed by atoms with Crippen molar-refractivity contribution in [2.75, 3.05) is 0 Å². The average molecular weight is 314 g/mol. The molecule has 1 heterocycles. The molecule has 2 nitrogen and oxygen atoms in total. The van der Waals surface area contributed by atoms with E-state index in [0.717, 1.165) is 26.7 Å². The lowest BCUT2D eigenvalue weighted by Crippen LogP contribution is -1.95. The molecule has 0 saturated carbocycles. The first kappa shape index (κ1) is 12.3. The minimum absolute atomic E-state index is 0.138. The van der Waals surface area contributed by atoms with Crippen LogP contribution in [0.4, 0.5) is 0 Å². The first-order chi connectivity index (χ1) is 9.15. The molecule has 0 aliphatic heterocycles. The summed E-state index contributed by atoms with van der Waals surface area (Å²) >= 11 is 3.45. The summed E-state index contributed by atoms with van der Waals surface area (Å²) in [6.45, 7) is 2.05. The number of aryl methyl sites for hydroxylation is 1. The van der Waals surface area contributed by atoms with Gasteiger partial charge in [0.05, 0.1) is 0 Å². The number of halogens is 1. The van der Waals surface area contributed by atoms with Crippen molar-refractivity contribution in [1.82, 2.24) is 4.98 Å². The van der Waals surface area contributed by atoms with Crippen LogP contribution in [0, 0.1) is 6.92 Å². The summed E-state index contributed by atoms with van der Waals surface area (Å²) in [6.07, 6.45) is 6.13. The maximum Gasteiger partial charge on any atom is 0.189 e. The number of rotatable bonds is 1. The summed E-state index contributed by atoms with van der Waals surface area (Å²) in [5, 5.41) is 0. The topological polar surface area (TPSA) is 30.0 Å². The smallest absolute Gasteiger partial charge is 0.189 e. The Morgan fingerprint density at radius 3 is 2.95 bits per heavy atom. The molecule has 0 saturated heterocycles. The van der Waals surface area contributed by atoms with Crippen LogP contribution in [-0.4, -0.2) is 10.8 Å². The fourth-order valence-electron chi connectivity index (χ4n) is 2.36. The van der Waals surface area contributed by atoms with Gasteiger partial charge in [0.1, 0.15) is 0 Å². The minimum atomic E-state index is 0.138. The van der Waals surface area contributed by atoms with E-state index in [2.05, 4.69) is 27.0 Å². The normalized spacial score (nSPS) is 15.9. The van der Waals surface area contributed by atoms with Crippen LogP contribution in [-0.2, 0) is 6.42 Å². The van der Waals surface area contributed by atoms with Crippen molar-refractivity contribution < 1.29 is 4.79 Å². The predicted molar refractivity (Wildman–Crippen MR) is 79.1 cm³/mol. The van der Waals surface area contributed by atoms with Gasteiger partial charge in [-0.2, -0.15) is 0 Å². The van der Waals surface area contributed by atoms with E-state index in [-0.39, 0.29) is 5.78 Å². The quantitative estimate of drug-likeness (QED) is 0.745. The molecule has 94 valence electrons. The molecule has 1 aliphatic rings. The summed E-state index contributed by atoms with van der Waals surface area (Å²) < 4.78 is 0.905. The molecule has 1 aromatic heterocycles. The Bertz CT molecular complexity index is 704. The first-order valence-corrected chi connectivity index (χ1v) is 6.89. The summed E-state index contributed by atoms with van der Waals surface area (Å²) in [7, 11) is 0. The maximum atomic E-state index is 12.3. The van der Waals surface area contributed by atoms with E-state index in [9.17, 15) is 4.79 Å². The molecule has 0 radical (unpaired) electrons. The van der Waals surface area contributed by atoms with E-state index in [1.807, 2.05) is 31.2 Å². The van der Waals surface area contributed by atoms with E-state index in [1.54, 1.807) is 12.4 Å². The zero-order valence-electron chi connectivity index (χ0n) is 10.5. The van der Waals surface area contributed by atoms with E-state index in [0.29, 0.717) is 6.42 Å². The average Bonchev–Trinajstić information content (AvgIpc) is 2.68. The second-order valence-electron chi connectivity index (χ2n) is 4.73. The molecule has 3 rings (SSSR count). The molecular formula is C16H12BrNO. The zero-order chi connectivity index (χ0) is 13.4. The molecule has 0 atom stereocenters. The Morgan fingerprint density at radius 1 is 1.32 bits per heavy atom. The largest absolute Gasteiger partial charge is 0.289 e. The van der Waals surface area contributed by atoms with Crippen LogP contribution in [0.1, 0.15) is 27.0 Å². The van der Waals surface area contributed by atoms with Crippen molar-refractivity contribution >= 4 is 27.8 Å². The zero-order valence-corrected chi connectivity index (χ0v) is 12.1. The summed E-state index contributed by atoms with van der Waals surface area (Å²) in [5.41, 5.74) is 4.98. The highest BCUT2D eigenvalue weighted by molar-refractivity contribution is 9.10. The summed E-state index contributed by atoms with van der Waals surface area (Å²) in [5.74, 6) is 0.138. The van der Waals surface area contributed by atoms with Gasteiger partial charge in [-0.15, -0.1) is 0 Å². The first-order valence-electron chi connectivity index (χ1n) is 6.09. The van der Waals surface area contributed by atoms with Gasteiger partial charge in [0, 0.05) is 34.4 Å². The molecule has 0 spiro atoms. The van der Waals surface area contributed by atoms with Crippen molar-refractivity contribution in [3.63, 3.8) is 0 Å². The van der Waals surface area contributed by atoms with Crippen molar-refractivity contribution in [1.29, 1.82) is 0 Å². The second kappa shape index (κ2) is 4.74. The number of nitrogens with zero attached hydrogens (tertiary/aromatic N) is 1. The molecule has 19 heavy (non-hydrogen) atoms. The Morgan fingerprint density at radius 2 is 2.16 bits per heavy atom. The third-order valence-electron chi connectivity index (χ3n) is 3.31. The fraction of sp³-hybridized carbons (Fsp3) is 0.125. The van der Waals surface area contributed by atoms with Gasteiger partial charge < -0.3 is 0 Å². The monoisotopic (exact) mass is 313 g/mol.